The molecule has 29 heavy (non-hydrogen) atoms. The van der Waals surface area contributed by atoms with Crippen LogP contribution in [0.25, 0.3) is 10.9 Å². The van der Waals surface area contributed by atoms with Crippen LogP contribution >= 0.6 is 23.2 Å². The Morgan fingerprint density at radius 1 is 1.21 bits per heavy atom. The summed E-state index contributed by atoms with van der Waals surface area (Å²) in [5, 5.41) is 8.57. The quantitative estimate of drug-likeness (QED) is 0.617. The summed E-state index contributed by atoms with van der Waals surface area (Å²) < 4.78 is 6.24. The van der Waals surface area contributed by atoms with Crippen molar-refractivity contribution < 1.29 is 14.3 Å². The number of hydrogen-bond donors (Lipinski definition) is 1. The van der Waals surface area contributed by atoms with Crippen LogP contribution in [0, 0.1) is 0 Å². The summed E-state index contributed by atoms with van der Waals surface area (Å²) in [4.78, 5) is 27.6. The lowest BCUT2D eigenvalue weighted by molar-refractivity contribution is -0.00562. The lowest BCUT2D eigenvalue weighted by atomic mass is 9.82. The van der Waals surface area contributed by atoms with E-state index in [9.17, 15) is 9.59 Å². The van der Waals surface area contributed by atoms with Gasteiger partial charge in [0.25, 0.3) is 5.91 Å². The minimum Gasteiger partial charge on any atom is -0.486 e. The first kappa shape index (κ1) is 18.5. The number of aromatic amines is 1. The van der Waals surface area contributed by atoms with Crippen LogP contribution in [0.5, 0.6) is 5.75 Å². The molecular weight excluding hydrogens is 413 g/mol. The van der Waals surface area contributed by atoms with Crippen LogP contribution in [0.4, 0.5) is 0 Å². The van der Waals surface area contributed by atoms with E-state index in [0.717, 1.165) is 10.9 Å². The number of piperidine rings is 1. The highest BCUT2D eigenvalue weighted by atomic mass is 35.5. The number of ketones is 1. The number of hydrogen-bond acceptors (Lipinski definition) is 4. The highest BCUT2D eigenvalue weighted by molar-refractivity contribution is 6.37. The van der Waals surface area contributed by atoms with E-state index in [4.69, 9.17) is 27.9 Å². The Kier molecular flexibility index (Phi) is 4.29. The SMILES string of the molecule is O=C1CC2(CCN(C(=O)c3cccc4cn[nH]c34)CC2)Oc2cc(Cl)cc(Cl)c21. The van der Waals surface area contributed by atoms with Crippen molar-refractivity contribution in [3.05, 3.63) is 57.7 Å². The van der Waals surface area contributed by atoms with Gasteiger partial charge in [-0.25, -0.2) is 0 Å². The number of fused-ring (bicyclic) bond motifs is 2. The number of ether oxygens (including phenoxy) is 1. The third-order valence-electron chi connectivity index (χ3n) is 5.78. The number of carbonyl (C=O) groups excluding carboxylic acids is 2. The molecule has 2 aliphatic rings. The number of benzene rings is 2. The Balaban J connectivity index is 1.37. The van der Waals surface area contributed by atoms with Crippen molar-refractivity contribution in [1.82, 2.24) is 15.1 Å². The molecule has 3 heterocycles. The molecule has 3 aromatic rings. The van der Waals surface area contributed by atoms with Gasteiger partial charge in [-0.2, -0.15) is 5.10 Å². The third kappa shape index (κ3) is 3.07. The maximum absolute atomic E-state index is 13.1. The number of halogens is 2. The van der Waals surface area contributed by atoms with E-state index in [2.05, 4.69) is 10.2 Å². The number of nitrogens with one attached hydrogen (secondary N) is 1. The molecule has 2 aliphatic heterocycles. The number of Topliss-reactive ketones (excluding diaryl/α,β-unsaturated/α-hetero) is 1. The van der Waals surface area contributed by atoms with Gasteiger partial charge in [-0.1, -0.05) is 35.3 Å². The highest BCUT2D eigenvalue weighted by Gasteiger charge is 2.44. The maximum atomic E-state index is 13.1. The van der Waals surface area contributed by atoms with Crippen molar-refractivity contribution in [2.24, 2.45) is 0 Å². The predicted molar refractivity (Wildman–Crippen MR) is 110 cm³/mol. The lowest BCUT2D eigenvalue weighted by Crippen LogP contribution is -2.52. The fourth-order valence-electron chi connectivity index (χ4n) is 4.27. The van der Waals surface area contributed by atoms with Crippen LogP contribution in [-0.2, 0) is 0 Å². The number of nitrogens with zero attached hydrogens (tertiary/aromatic N) is 2. The molecule has 0 radical (unpaired) electrons. The van der Waals surface area contributed by atoms with Crippen molar-refractivity contribution in [3.8, 4) is 5.75 Å². The third-order valence-corrected chi connectivity index (χ3v) is 6.29. The standard InChI is InChI=1S/C21H17Cl2N3O3/c22-13-8-15(23)18-16(27)10-21(29-17(18)9-13)4-6-26(7-5-21)20(28)14-3-1-2-12-11-24-25-19(12)14/h1-3,8-9,11H,4-7,10H2,(H,24,25). The van der Waals surface area contributed by atoms with Gasteiger partial charge in [0.15, 0.2) is 5.78 Å². The van der Waals surface area contributed by atoms with Crippen molar-refractivity contribution in [2.45, 2.75) is 24.9 Å². The molecule has 1 fully saturated rings. The smallest absolute Gasteiger partial charge is 0.256 e. The van der Waals surface area contributed by atoms with Gasteiger partial charge in [0, 0.05) is 36.3 Å². The molecule has 1 saturated heterocycles. The fraction of sp³-hybridized carbons (Fsp3) is 0.286. The number of rotatable bonds is 1. The highest BCUT2D eigenvalue weighted by Crippen LogP contribution is 2.43. The number of H-pyrrole nitrogens is 1. The number of amides is 1. The molecular formula is C21H17Cl2N3O3. The van der Waals surface area contributed by atoms with Crippen LogP contribution in [0.15, 0.2) is 36.5 Å². The summed E-state index contributed by atoms with van der Waals surface area (Å²) >= 11 is 12.3. The Hall–Kier alpha value is -2.57. The van der Waals surface area contributed by atoms with Gasteiger partial charge in [-0.05, 0) is 18.2 Å². The van der Waals surface area contributed by atoms with E-state index < -0.39 is 5.60 Å². The van der Waals surface area contributed by atoms with Crippen molar-refractivity contribution in [3.63, 3.8) is 0 Å². The summed E-state index contributed by atoms with van der Waals surface area (Å²) in [6.07, 6.45) is 3.08. The topological polar surface area (TPSA) is 75.3 Å². The van der Waals surface area contributed by atoms with Crippen molar-refractivity contribution in [1.29, 1.82) is 0 Å². The number of para-hydroxylation sites is 1. The zero-order chi connectivity index (χ0) is 20.2. The molecule has 1 N–H and O–H groups in total. The minimum atomic E-state index is -0.630. The first-order valence-corrected chi connectivity index (χ1v) is 10.1. The number of aromatic nitrogens is 2. The maximum Gasteiger partial charge on any atom is 0.256 e. The second-order valence-electron chi connectivity index (χ2n) is 7.58. The summed E-state index contributed by atoms with van der Waals surface area (Å²) in [6.45, 7) is 1.00. The van der Waals surface area contributed by atoms with Crippen LogP contribution in [0.1, 0.15) is 40.0 Å². The lowest BCUT2D eigenvalue weighted by Gasteiger charge is -2.44. The zero-order valence-electron chi connectivity index (χ0n) is 15.4. The fourth-order valence-corrected chi connectivity index (χ4v) is 4.85. The molecule has 2 aromatic carbocycles. The van der Waals surface area contributed by atoms with E-state index in [1.165, 1.54) is 0 Å². The van der Waals surface area contributed by atoms with E-state index in [1.54, 1.807) is 29.3 Å². The Labute approximate surface area is 176 Å². The summed E-state index contributed by atoms with van der Waals surface area (Å²) in [7, 11) is 0. The first-order valence-electron chi connectivity index (χ1n) is 9.38. The van der Waals surface area contributed by atoms with Gasteiger partial charge < -0.3 is 9.64 Å². The average Bonchev–Trinajstić information content (AvgIpc) is 3.16. The van der Waals surface area contributed by atoms with E-state index in [0.29, 0.717) is 52.9 Å². The van der Waals surface area contributed by atoms with Crippen molar-refractivity contribution in [2.75, 3.05) is 13.1 Å². The normalized spacial score (nSPS) is 18.0. The second kappa shape index (κ2) is 6.75. The summed E-state index contributed by atoms with van der Waals surface area (Å²) in [6, 6.07) is 8.75. The number of likely N-dealkylation sites (tertiary alicyclic amines) is 1. The molecule has 6 nitrogen and oxygen atoms in total. The van der Waals surface area contributed by atoms with E-state index in [1.807, 2.05) is 12.1 Å². The zero-order valence-corrected chi connectivity index (χ0v) is 16.9. The Morgan fingerprint density at radius 2 is 2.00 bits per heavy atom. The molecule has 5 rings (SSSR count). The summed E-state index contributed by atoms with van der Waals surface area (Å²) in [5.41, 5.74) is 1.10. The summed E-state index contributed by atoms with van der Waals surface area (Å²) in [5.74, 6) is 0.332. The van der Waals surface area contributed by atoms with Gasteiger partial charge in [0.05, 0.1) is 34.3 Å². The largest absolute Gasteiger partial charge is 0.486 e. The Morgan fingerprint density at radius 3 is 2.79 bits per heavy atom. The molecule has 0 atom stereocenters. The van der Waals surface area contributed by atoms with Gasteiger partial charge in [0.2, 0.25) is 0 Å². The van der Waals surface area contributed by atoms with Crippen LogP contribution < -0.4 is 4.74 Å². The second-order valence-corrected chi connectivity index (χ2v) is 8.42. The van der Waals surface area contributed by atoms with Gasteiger partial charge in [0.1, 0.15) is 11.4 Å². The molecule has 0 bridgehead atoms. The molecule has 8 heteroatoms. The first-order chi connectivity index (χ1) is 14.0. The monoisotopic (exact) mass is 429 g/mol. The van der Waals surface area contributed by atoms with Crippen LogP contribution in [-0.4, -0.2) is 45.5 Å². The molecule has 0 aliphatic carbocycles. The molecule has 1 amide bonds. The van der Waals surface area contributed by atoms with E-state index >= 15 is 0 Å². The molecule has 148 valence electrons. The van der Waals surface area contributed by atoms with Gasteiger partial charge in [-0.15, -0.1) is 0 Å². The Bertz CT molecular complexity index is 1150. The van der Waals surface area contributed by atoms with E-state index in [-0.39, 0.29) is 18.1 Å². The molecule has 0 unspecified atom stereocenters. The van der Waals surface area contributed by atoms with Gasteiger partial charge >= 0.3 is 0 Å². The molecule has 1 spiro atoms. The predicted octanol–water partition coefficient (Wildman–Crippen LogP) is 4.51. The van der Waals surface area contributed by atoms with Crippen LogP contribution in [0.2, 0.25) is 10.0 Å². The molecule has 0 saturated carbocycles. The number of carbonyl (C=O) groups is 2. The minimum absolute atomic E-state index is 0.0464. The molecule has 1 aromatic heterocycles. The van der Waals surface area contributed by atoms with Crippen LogP contribution in [0.3, 0.4) is 0 Å². The van der Waals surface area contributed by atoms with Crippen molar-refractivity contribution >= 4 is 45.8 Å². The van der Waals surface area contributed by atoms with Gasteiger partial charge in [-0.3, -0.25) is 14.7 Å². The average molecular weight is 430 g/mol.